The first kappa shape index (κ1) is 17.5. The number of ketones is 1. The fraction of sp³-hybridized carbons (Fsp3) is 0.133. The molecule has 0 fully saturated rings. The fourth-order valence-electron chi connectivity index (χ4n) is 1.68. The summed E-state index contributed by atoms with van der Waals surface area (Å²) in [6, 6.07) is 5.11. The predicted octanol–water partition coefficient (Wildman–Crippen LogP) is 4.12. The van der Waals surface area contributed by atoms with Crippen LogP contribution in [-0.2, 0) is 4.79 Å². The molecule has 1 aromatic heterocycles. The molecule has 2 N–H and O–H groups in total. The number of aryl methyl sites for hydroxylation is 1. The van der Waals surface area contributed by atoms with E-state index in [9.17, 15) is 9.59 Å². The van der Waals surface area contributed by atoms with Crippen LogP contribution in [0.25, 0.3) is 6.08 Å². The first-order valence-electron chi connectivity index (χ1n) is 6.54. The van der Waals surface area contributed by atoms with Gasteiger partial charge in [-0.3, -0.25) is 20.4 Å². The summed E-state index contributed by atoms with van der Waals surface area (Å²) >= 11 is 12.9. The van der Waals surface area contributed by atoms with Gasteiger partial charge in [-0.25, -0.2) is 4.98 Å². The van der Waals surface area contributed by atoms with E-state index in [0.717, 1.165) is 5.56 Å². The van der Waals surface area contributed by atoms with Gasteiger partial charge in [0.15, 0.2) is 5.78 Å². The second-order valence-electron chi connectivity index (χ2n) is 4.61. The third-order valence-electron chi connectivity index (χ3n) is 2.74. The van der Waals surface area contributed by atoms with Gasteiger partial charge in [0.1, 0.15) is 0 Å². The average molecular weight is 370 g/mol. The fourth-order valence-corrected chi connectivity index (χ4v) is 2.83. The van der Waals surface area contributed by atoms with E-state index in [4.69, 9.17) is 23.2 Å². The van der Waals surface area contributed by atoms with Crippen LogP contribution in [0.4, 0.5) is 5.13 Å². The summed E-state index contributed by atoms with van der Waals surface area (Å²) in [5, 5.41) is 1.34. The maximum absolute atomic E-state index is 12.3. The number of benzene rings is 1. The number of rotatable bonds is 5. The maximum Gasteiger partial charge on any atom is 0.235 e. The van der Waals surface area contributed by atoms with Gasteiger partial charge in [0.25, 0.3) is 0 Å². The molecule has 1 amide bonds. The van der Waals surface area contributed by atoms with E-state index in [2.05, 4.69) is 15.8 Å². The molecular formula is C15H13Cl2N3O2S. The zero-order valence-electron chi connectivity index (χ0n) is 12.3. The van der Waals surface area contributed by atoms with Crippen molar-refractivity contribution in [1.82, 2.24) is 10.4 Å². The normalized spacial score (nSPS) is 10.8. The van der Waals surface area contributed by atoms with Crippen LogP contribution in [-0.4, -0.2) is 16.7 Å². The predicted molar refractivity (Wildman–Crippen MR) is 94.1 cm³/mol. The molecule has 23 heavy (non-hydrogen) atoms. The van der Waals surface area contributed by atoms with Crippen molar-refractivity contribution in [3.05, 3.63) is 50.5 Å². The second-order valence-corrected chi connectivity index (χ2v) is 6.42. The van der Waals surface area contributed by atoms with Gasteiger partial charge in [-0.05, 0) is 30.7 Å². The number of aromatic nitrogens is 1. The number of carbonyl (C=O) groups excluding carboxylic acids is 2. The van der Waals surface area contributed by atoms with Gasteiger partial charge in [-0.1, -0.05) is 46.7 Å². The summed E-state index contributed by atoms with van der Waals surface area (Å²) in [4.78, 5) is 27.8. The highest BCUT2D eigenvalue weighted by Crippen LogP contribution is 2.25. The zero-order valence-corrected chi connectivity index (χ0v) is 14.6. The van der Waals surface area contributed by atoms with Crippen molar-refractivity contribution in [2.75, 3.05) is 5.43 Å². The highest BCUT2D eigenvalue weighted by molar-refractivity contribution is 7.17. The quantitative estimate of drug-likeness (QED) is 0.472. The van der Waals surface area contributed by atoms with E-state index in [0.29, 0.717) is 25.7 Å². The highest BCUT2D eigenvalue weighted by Gasteiger charge is 2.13. The molecule has 0 saturated heterocycles. The van der Waals surface area contributed by atoms with E-state index >= 15 is 0 Å². The first-order valence-corrected chi connectivity index (χ1v) is 8.11. The van der Waals surface area contributed by atoms with Crippen molar-refractivity contribution in [1.29, 1.82) is 0 Å². The van der Waals surface area contributed by atoms with Gasteiger partial charge in [0, 0.05) is 6.92 Å². The van der Waals surface area contributed by atoms with Crippen LogP contribution in [0.3, 0.4) is 0 Å². The highest BCUT2D eigenvalue weighted by atomic mass is 35.5. The van der Waals surface area contributed by atoms with Crippen molar-refractivity contribution in [2.24, 2.45) is 0 Å². The van der Waals surface area contributed by atoms with Gasteiger partial charge in [-0.15, -0.1) is 0 Å². The van der Waals surface area contributed by atoms with Crippen molar-refractivity contribution < 1.29 is 9.59 Å². The molecule has 5 nitrogen and oxygen atoms in total. The molecule has 0 aliphatic heterocycles. The number of nitrogens with zero attached hydrogens (tertiary/aromatic N) is 1. The Labute approximate surface area is 147 Å². The molecule has 1 aromatic carbocycles. The number of hydrogen-bond acceptors (Lipinski definition) is 5. The molecule has 0 saturated carbocycles. The van der Waals surface area contributed by atoms with Crippen molar-refractivity contribution >= 4 is 57.4 Å². The Hall–Kier alpha value is -1.89. The number of hydrogen-bond donors (Lipinski definition) is 2. The molecule has 0 aliphatic rings. The van der Waals surface area contributed by atoms with Crippen LogP contribution in [0, 0.1) is 6.92 Å². The topological polar surface area (TPSA) is 71.1 Å². The lowest BCUT2D eigenvalue weighted by molar-refractivity contribution is -0.118. The van der Waals surface area contributed by atoms with Crippen LogP contribution in [0.2, 0.25) is 10.0 Å². The molecule has 0 unspecified atom stereocenters. The van der Waals surface area contributed by atoms with Gasteiger partial charge < -0.3 is 0 Å². The minimum Gasteiger partial charge on any atom is -0.288 e. The van der Waals surface area contributed by atoms with Gasteiger partial charge >= 0.3 is 0 Å². The van der Waals surface area contributed by atoms with Crippen molar-refractivity contribution in [3.63, 3.8) is 0 Å². The summed E-state index contributed by atoms with van der Waals surface area (Å²) in [5.74, 6) is -0.424. The van der Waals surface area contributed by atoms with E-state index in [1.165, 1.54) is 24.3 Å². The molecule has 0 spiro atoms. The molecule has 120 valence electrons. The van der Waals surface area contributed by atoms with Crippen LogP contribution < -0.4 is 10.9 Å². The molecule has 0 bridgehead atoms. The Morgan fingerprint density at radius 1 is 1.26 bits per heavy atom. The number of allylic oxidation sites excluding steroid dienone is 1. The maximum atomic E-state index is 12.3. The number of carbonyl (C=O) groups is 2. The SMILES string of the molecule is CC(=O)NNc1nc(C)c(C(=O)/C=C/c2ccc(Cl)c(Cl)c2)s1. The number of anilines is 1. The standard InChI is InChI=1S/C15H13Cl2N3O2S/c1-8-14(23-15(18-8)20-19-9(2)21)13(22)6-4-10-3-5-11(16)12(17)7-10/h3-7H,1-2H3,(H,18,20)(H,19,21)/b6-4+. The number of amides is 1. The number of nitrogens with one attached hydrogen (secondary N) is 2. The Morgan fingerprint density at radius 2 is 2.00 bits per heavy atom. The average Bonchev–Trinajstić information content (AvgIpc) is 2.87. The molecule has 0 atom stereocenters. The zero-order chi connectivity index (χ0) is 17.0. The van der Waals surface area contributed by atoms with E-state index in [1.807, 2.05) is 0 Å². The Balaban J connectivity index is 2.12. The van der Waals surface area contributed by atoms with Gasteiger partial charge in [0.05, 0.1) is 20.6 Å². The summed E-state index contributed by atoms with van der Waals surface area (Å²) in [6.45, 7) is 3.11. The smallest absolute Gasteiger partial charge is 0.235 e. The largest absolute Gasteiger partial charge is 0.288 e. The van der Waals surface area contributed by atoms with Crippen molar-refractivity contribution in [3.8, 4) is 0 Å². The molecule has 0 aliphatic carbocycles. The van der Waals surface area contributed by atoms with Gasteiger partial charge in [0.2, 0.25) is 11.0 Å². The molecule has 2 aromatic rings. The summed E-state index contributed by atoms with van der Waals surface area (Å²) in [6.07, 6.45) is 3.10. The Kier molecular flexibility index (Phi) is 5.76. The minimum atomic E-state index is -0.245. The molecule has 2 rings (SSSR count). The Morgan fingerprint density at radius 3 is 2.65 bits per heavy atom. The second kappa shape index (κ2) is 7.59. The van der Waals surface area contributed by atoms with Crippen LogP contribution in [0.5, 0.6) is 0 Å². The van der Waals surface area contributed by atoms with Crippen LogP contribution >= 0.6 is 34.5 Å². The van der Waals surface area contributed by atoms with E-state index in [1.54, 1.807) is 31.2 Å². The van der Waals surface area contributed by atoms with Crippen LogP contribution in [0.1, 0.15) is 27.9 Å². The number of halogens is 2. The summed E-state index contributed by atoms with van der Waals surface area (Å²) < 4.78 is 0. The molecule has 0 radical (unpaired) electrons. The lowest BCUT2D eigenvalue weighted by Crippen LogP contribution is -2.26. The molecular weight excluding hydrogens is 357 g/mol. The third-order valence-corrected chi connectivity index (χ3v) is 4.56. The van der Waals surface area contributed by atoms with Crippen LogP contribution in [0.15, 0.2) is 24.3 Å². The van der Waals surface area contributed by atoms with Gasteiger partial charge in [-0.2, -0.15) is 0 Å². The number of thiazole rings is 1. The lowest BCUT2D eigenvalue weighted by Gasteiger charge is -1.99. The summed E-state index contributed by atoms with van der Waals surface area (Å²) in [7, 11) is 0. The van der Waals surface area contributed by atoms with Crippen molar-refractivity contribution in [2.45, 2.75) is 13.8 Å². The Bertz CT molecular complexity index is 787. The monoisotopic (exact) mass is 369 g/mol. The molecule has 1 heterocycles. The van der Waals surface area contributed by atoms with E-state index < -0.39 is 0 Å². The first-order chi connectivity index (χ1) is 10.9. The molecule has 8 heteroatoms. The lowest BCUT2D eigenvalue weighted by atomic mass is 10.2. The number of hydrazine groups is 1. The third kappa shape index (κ3) is 4.79. The summed E-state index contributed by atoms with van der Waals surface area (Å²) in [5.41, 5.74) is 6.42. The van der Waals surface area contributed by atoms with E-state index in [-0.39, 0.29) is 11.7 Å². The minimum absolute atomic E-state index is 0.179.